The zero-order valence-electron chi connectivity index (χ0n) is 16.0. The van der Waals surface area contributed by atoms with Crippen LogP contribution < -0.4 is 0 Å². The van der Waals surface area contributed by atoms with Crippen LogP contribution in [0.1, 0.15) is 52.4 Å². The minimum Gasteiger partial charge on any atom is -0.306 e. The first kappa shape index (κ1) is 18.1. The number of fused-ring (bicyclic) bond motifs is 1. The van der Waals surface area contributed by atoms with Gasteiger partial charge in [-0.2, -0.15) is 5.10 Å². The lowest BCUT2D eigenvalue weighted by atomic mass is 10.1. The number of carbonyl (C=O) groups is 1. The predicted octanol–water partition coefficient (Wildman–Crippen LogP) is 4.93. The molecule has 0 unspecified atom stereocenters. The Morgan fingerprint density at radius 2 is 2.03 bits per heavy atom. The third kappa shape index (κ3) is 4.10. The molecule has 1 aliphatic carbocycles. The second-order valence-electron chi connectivity index (χ2n) is 7.71. The van der Waals surface area contributed by atoms with Crippen molar-refractivity contribution in [2.45, 2.75) is 38.1 Å². The van der Waals surface area contributed by atoms with Gasteiger partial charge in [-0.3, -0.25) is 9.48 Å². The number of Topliss-reactive ketones (excluding diaryl/α,β-unsaturated/α-hetero) is 1. The van der Waals surface area contributed by atoms with Crippen LogP contribution >= 0.6 is 11.6 Å². The highest BCUT2D eigenvalue weighted by molar-refractivity contribution is 6.30. The third-order valence-corrected chi connectivity index (χ3v) is 5.62. The second-order valence-corrected chi connectivity index (χ2v) is 8.15. The fraction of sp³-hybridized carbons (Fsp3) is 0.261. The quantitative estimate of drug-likeness (QED) is 0.410. The summed E-state index contributed by atoms with van der Waals surface area (Å²) in [4.78, 5) is 17.2. The van der Waals surface area contributed by atoms with E-state index in [9.17, 15) is 4.79 Å². The molecule has 5 rings (SSSR count). The number of benzene rings is 1. The van der Waals surface area contributed by atoms with Crippen molar-refractivity contribution < 1.29 is 4.79 Å². The molecule has 3 aromatic heterocycles. The lowest BCUT2D eigenvalue weighted by Gasteiger charge is -2.01. The standard InChI is InChI=1S/C23H21ClN4O/c24-20-3-1-2-16(10-20)4-8-22(29)19-11-25-28(13-19)15-21-14-27-12-18(17-5-6-17)7-9-23(27)26-21/h1-3,7,9-14,17H,4-6,8,15H2. The molecule has 1 aromatic carbocycles. The summed E-state index contributed by atoms with van der Waals surface area (Å²) in [7, 11) is 0. The van der Waals surface area contributed by atoms with Crippen molar-refractivity contribution in [1.29, 1.82) is 0 Å². The SMILES string of the molecule is O=C(CCc1cccc(Cl)c1)c1cnn(Cc2cn3cc(C4CC4)ccc3n2)c1. The van der Waals surface area contributed by atoms with E-state index in [-0.39, 0.29) is 5.78 Å². The van der Waals surface area contributed by atoms with E-state index in [1.165, 1.54) is 18.4 Å². The molecule has 146 valence electrons. The van der Waals surface area contributed by atoms with E-state index in [1.54, 1.807) is 17.1 Å². The molecule has 1 saturated carbocycles. The Morgan fingerprint density at radius 3 is 2.86 bits per heavy atom. The molecule has 6 heteroatoms. The third-order valence-electron chi connectivity index (χ3n) is 5.38. The van der Waals surface area contributed by atoms with Crippen molar-refractivity contribution in [2.75, 3.05) is 0 Å². The topological polar surface area (TPSA) is 52.2 Å². The van der Waals surface area contributed by atoms with Gasteiger partial charge in [0.15, 0.2) is 5.78 Å². The maximum absolute atomic E-state index is 12.5. The van der Waals surface area contributed by atoms with Crippen LogP contribution in [0, 0.1) is 0 Å². The summed E-state index contributed by atoms with van der Waals surface area (Å²) in [5.41, 5.74) is 4.95. The summed E-state index contributed by atoms with van der Waals surface area (Å²) in [5.74, 6) is 0.803. The van der Waals surface area contributed by atoms with Crippen LogP contribution in [0.3, 0.4) is 0 Å². The van der Waals surface area contributed by atoms with Gasteiger partial charge in [-0.25, -0.2) is 4.98 Å². The normalized spacial score (nSPS) is 13.8. The number of pyridine rings is 1. The molecule has 1 aliphatic rings. The number of hydrogen-bond donors (Lipinski definition) is 0. The maximum atomic E-state index is 12.5. The van der Waals surface area contributed by atoms with Gasteiger partial charge in [0.2, 0.25) is 0 Å². The first-order valence-electron chi connectivity index (χ1n) is 9.92. The Morgan fingerprint density at radius 1 is 1.14 bits per heavy atom. The van der Waals surface area contributed by atoms with Crippen LogP contribution in [-0.4, -0.2) is 24.9 Å². The molecule has 29 heavy (non-hydrogen) atoms. The molecule has 0 spiro atoms. The van der Waals surface area contributed by atoms with Crippen LogP contribution in [0.25, 0.3) is 5.65 Å². The van der Waals surface area contributed by atoms with Crippen LogP contribution in [0.15, 0.2) is 61.2 Å². The minimum atomic E-state index is 0.0836. The molecule has 1 fully saturated rings. The summed E-state index contributed by atoms with van der Waals surface area (Å²) >= 11 is 6.01. The van der Waals surface area contributed by atoms with Crippen molar-refractivity contribution >= 4 is 23.0 Å². The number of hydrogen-bond acceptors (Lipinski definition) is 3. The number of ketones is 1. The average molecular weight is 405 g/mol. The molecule has 0 atom stereocenters. The Labute approximate surface area is 174 Å². The van der Waals surface area contributed by atoms with Gasteiger partial charge < -0.3 is 4.40 Å². The number of imidazole rings is 1. The van der Waals surface area contributed by atoms with Gasteiger partial charge in [-0.05, 0) is 54.5 Å². The Hall–Kier alpha value is -2.92. The molecule has 5 nitrogen and oxygen atoms in total. The molecule has 0 bridgehead atoms. The number of aryl methyl sites for hydroxylation is 1. The van der Waals surface area contributed by atoms with E-state index in [4.69, 9.17) is 11.6 Å². The monoisotopic (exact) mass is 404 g/mol. The number of carbonyl (C=O) groups excluding carboxylic acids is 1. The Bertz CT molecular complexity index is 1190. The summed E-state index contributed by atoms with van der Waals surface area (Å²) in [6.07, 6.45) is 11.3. The fourth-order valence-corrected chi connectivity index (χ4v) is 3.86. The predicted molar refractivity (Wildman–Crippen MR) is 113 cm³/mol. The van der Waals surface area contributed by atoms with E-state index < -0.39 is 0 Å². The van der Waals surface area contributed by atoms with E-state index in [2.05, 4.69) is 32.8 Å². The van der Waals surface area contributed by atoms with Crippen molar-refractivity contribution in [3.63, 3.8) is 0 Å². The molecule has 0 radical (unpaired) electrons. The van der Waals surface area contributed by atoms with Gasteiger partial charge in [-0.15, -0.1) is 0 Å². The summed E-state index contributed by atoms with van der Waals surface area (Å²) < 4.78 is 3.86. The lowest BCUT2D eigenvalue weighted by Crippen LogP contribution is -2.02. The highest BCUT2D eigenvalue weighted by atomic mass is 35.5. The van der Waals surface area contributed by atoms with Crippen molar-refractivity contribution in [1.82, 2.24) is 19.2 Å². The average Bonchev–Trinajstić information content (AvgIpc) is 3.33. The Balaban J connectivity index is 1.25. The summed E-state index contributed by atoms with van der Waals surface area (Å²) in [6.45, 7) is 0.544. The minimum absolute atomic E-state index is 0.0836. The van der Waals surface area contributed by atoms with Crippen LogP contribution in [-0.2, 0) is 13.0 Å². The lowest BCUT2D eigenvalue weighted by molar-refractivity contribution is 0.0982. The highest BCUT2D eigenvalue weighted by Gasteiger charge is 2.23. The summed E-state index contributed by atoms with van der Waals surface area (Å²) in [6, 6.07) is 11.9. The van der Waals surface area contributed by atoms with E-state index in [1.807, 2.05) is 30.5 Å². The fourth-order valence-electron chi connectivity index (χ4n) is 3.65. The molecular weight excluding hydrogens is 384 g/mol. The number of nitrogens with zero attached hydrogens (tertiary/aromatic N) is 4. The van der Waals surface area contributed by atoms with Gasteiger partial charge in [0.05, 0.1) is 24.0 Å². The van der Waals surface area contributed by atoms with Crippen molar-refractivity contribution in [3.8, 4) is 0 Å². The molecule has 0 amide bonds. The number of rotatable bonds is 7. The van der Waals surface area contributed by atoms with Crippen LogP contribution in [0.5, 0.6) is 0 Å². The van der Waals surface area contributed by atoms with Crippen molar-refractivity contribution in [3.05, 3.63) is 88.6 Å². The smallest absolute Gasteiger partial charge is 0.166 e. The highest BCUT2D eigenvalue weighted by Crippen LogP contribution is 2.39. The molecular formula is C23H21ClN4O. The molecule has 0 aliphatic heterocycles. The molecule has 0 saturated heterocycles. The van der Waals surface area contributed by atoms with E-state index in [0.717, 1.165) is 22.8 Å². The van der Waals surface area contributed by atoms with Gasteiger partial charge >= 0.3 is 0 Å². The molecule has 3 heterocycles. The van der Waals surface area contributed by atoms with E-state index in [0.29, 0.717) is 30.0 Å². The van der Waals surface area contributed by atoms with Gasteiger partial charge in [0.1, 0.15) is 5.65 Å². The van der Waals surface area contributed by atoms with Crippen LogP contribution in [0.4, 0.5) is 0 Å². The number of halogens is 1. The molecule has 0 N–H and O–H groups in total. The first-order chi connectivity index (χ1) is 14.1. The Kier molecular flexibility index (Phi) is 4.68. The van der Waals surface area contributed by atoms with Gasteiger partial charge in [0, 0.05) is 30.0 Å². The summed E-state index contributed by atoms with van der Waals surface area (Å²) in [5, 5.41) is 5.05. The molecule has 4 aromatic rings. The van der Waals surface area contributed by atoms with Crippen molar-refractivity contribution in [2.24, 2.45) is 0 Å². The van der Waals surface area contributed by atoms with Crippen LogP contribution in [0.2, 0.25) is 5.02 Å². The van der Waals surface area contributed by atoms with Gasteiger partial charge in [0.25, 0.3) is 0 Å². The zero-order valence-corrected chi connectivity index (χ0v) is 16.7. The van der Waals surface area contributed by atoms with Gasteiger partial charge in [-0.1, -0.05) is 29.8 Å². The first-order valence-corrected chi connectivity index (χ1v) is 10.3. The zero-order chi connectivity index (χ0) is 19.8. The van der Waals surface area contributed by atoms with E-state index >= 15 is 0 Å². The maximum Gasteiger partial charge on any atom is 0.166 e. The largest absolute Gasteiger partial charge is 0.306 e. The second kappa shape index (κ2) is 7.48. The number of aromatic nitrogens is 4.